The number of imidazole rings is 1. The Kier molecular flexibility index (Phi) is 4.82. The summed E-state index contributed by atoms with van der Waals surface area (Å²) in [5, 5.41) is 1.96. The van der Waals surface area contributed by atoms with E-state index in [1.54, 1.807) is 14.0 Å². The molecule has 0 aliphatic carbocycles. The van der Waals surface area contributed by atoms with Gasteiger partial charge in [-0.05, 0) is 19.1 Å². The van der Waals surface area contributed by atoms with E-state index >= 15 is 0 Å². The van der Waals surface area contributed by atoms with Gasteiger partial charge in [-0.3, -0.25) is 9.20 Å². The molecule has 1 atom stereocenters. The molecule has 2 N–H and O–H groups in total. The molecule has 6 nitrogen and oxygen atoms in total. The van der Waals surface area contributed by atoms with Gasteiger partial charge in [-0.25, -0.2) is 4.98 Å². The molecule has 1 aromatic carbocycles. The number of hydrogen-bond acceptors (Lipinski definition) is 6. The Morgan fingerprint density at radius 3 is 3.04 bits per heavy atom. The zero-order chi connectivity index (χ0) is 17.1. The number of thiazole rings is 1. The van der Waals surface area contributed by atoms with Gasteiger partial charge in [-0.2, -0.15) is 0 Å². The Labute approximate surface area is 143 Å². The fourth-order valence-electron chi connectivity index (χ4n) is 2.57. The number of ether oxygens (including phenoxy) is 2. The van der Waals surface area contributed by atoms with E-state index in [-0.39, 0.29) is 0 Å². The van der Waals surface area contributed by atoms with Gasteiger partial charge in [0.15, 0.2) is 4.96 Å². The summed E-state index contributed by atoms with van der Waals surface area (Å²) in [6.45, 7) is 2.08. The van der Waals surface area contributed by atoms with Gasteiger partial charge >= 0.3 is 5.97 Å². The average Bonchev–Trinajstić information content (AvgIpc) is 3.17. The molecule has 7 heteroatoms. The number of fused-ring (bicyclic) bond motifs is 1. The summed E-state index contributed by atoms with van der Waals surface area (Å²) in [6, 6.07) is 6.96. The van der Waals surface area contributed by atoms with Gasteiger partial charge in [0.1, 0.15) is 11.8 Å². The van der Waals surface area contributed by atoms with E-state index in [9.17, 15) is 4.79 Å². The maximum absolute atomic E-state index is 11.9. The van der Waals surface area contributed by atoms with Crippen molar-refractivity contribution < 1.29 is 14.3 Å². The normalized spacial score (nSPS) is 12.3. The molecule has 0 spiro atoms. The third kappa shape index (κ3) is 3.13. The predicted molar refractivity (Wildman–Crippen MR) is 93.4 cm³/mol. The number of hydrogen-bond donors (Lipinski definition) is 1. The average molecular weight is 345 g/mol. The smallest absolute Gasteiger partial charge is 0.323 e. The van der Waals surface area contributed by atoms with Crippen LogP contribution in [-0.2, 0) is 16.0 Å². The molecule has 2 heterocycles. The molecular weight excluding hydrogens is 326 g/mol. The summed E-state index contributed by atoms with van der Waals surface area (Å²) in [5.74, 6) is 0.351. The number of esters is 1. The van der Waals surface area contributed by atoms with E-state index < -0.39 is 12.0 Å². The van der Waals surface area contributed by atoms with Crippen molar-refractivity contribution in [1.82, 2.24) is 9.38 Å². The maximum atomic E-state index is 11.9. The van der Waals surface area contributed by atoms with Crippen LogP contribution >= 0.6 is 11.3 Å². The van der Waals surface area contributed by atoms with Crippen LogP contribution in [0.4, 0.5) is 0 Å². The van der Waals surface area contributed by atoms with Crippen molar-refractivity contribution in [3.8, 4) is 17.0 Å². The van der Waals surface area contributed by atoms with E-state index in [0.29, 0.717) is 13.0 Å². The topological polar surface area (TPSA) is 78.8 Å². The molecule has 3 aromatic rings. The molecule has 2 aromatic heterocycles. The number of aromatic nitrogens is 2. The second-order valence-corrected chi connectivity index (χ2v) is 6.13. The molecule has 3 rings (SSSR count). The SMILES string of the molecule is CCOC(=O)C(N)Cc1c(-c2cccc(OC)c2)nc2sccn12. The minimum Gasteiger partial charge on any atom is -0.497 e. The first-order valence-electron chi connectivity index (χ1n) is 7.65. The standard InChI is InChI=1S/C17H19N3O3S/c1-3-23-16(21)13(18)10-14-15(19-17-20(14)7-8-24-17)11-5-4-6-12(9-11)22-2/h4-9,13H,3,10,18H2,1-2H3. The summed E-state index contributed by atoms with van der Waals surface area (Å²) < 4.78 is 12.3. The molecule has 0 aliphatic rings. The summed E-state index contributed by atoms with van der Waals surface area (Å²) in [4.78, 5) is 17.5. The monoisotopic (exact) mass is 345 g/mol. The van der Waals surface area contributed by atoms with E-state index in [2.05, 4.69) is 0 Å². The number of carbonyl (C=O) groups excluding carboxylic acids is 1. The lowest BCUT2D eigenvalue weighted by molar-refractivity contribution is -0.144. The van der Waals surface area contributed by atoms with E-state index in [0.717, 1.165) is 27.7 Å². The molecule has 0 radical (unpaired) electrons. The Balaban J connectivity index is 2.02. The van der Waals surface area contributed by atoms with Crippen LogP contribution < -0.4 is 10.5 Å². The van der Waals surface area contributed by atoms with E-state index in [4.69, 9.17) is 20.2 Å². The second kappa shape index (κ2) is 7.02. The molecule has 0 fully saturated rings. The lowest BCUT2D eigenvalue weighted by Crippen LogP contribution is -2.34. The summed E-state index contributed by atoms with van der Waals surface area (Å²) in [5.41, 5.74) is 8.64. The first-order chi connectivity index (χ1) is 11.6. The highest BCUT2D eigenvalue weighted by molar-refractivity contribution is 7.15. The van der Waals surface area contributed by atoms with Crippen LogP contribution in [0.2, 0.25) is 0 Å². The first kappa shape index (κ1) is 16.5. The van der Waals surface area contributed by atoms with Gasteiger partial charge in [0, 0.05) is 23.6 Å². The van der Waals surface area contributed by atoms with Gasteiger partial charge < -0.3 is 15.2 Å². The highest BCUT2D eigenvalue weighted by Crippen LogP contribution is 2.29. The predicted octanol–water partition coefficient (Wildman–Crippen LogP) is 2.50. The van der Waals surface area contributed by atoms with Gasteiger partial charge in [0.2, 0.25) is 0 Å². The van der Waals surface area contributed by atoms with Crippen molar-refractivity contribution in [2.45, 2.75) is 19.4 Å². The lowest BCUT2D eigenvalue weighted by atomic mass is 10.1. The van der Waals surface area contributed by atoms with Crippen molar-refractivity contribution in [3.63, 3.8) is 0 Å². The van der Waals surface area contributed by atoms with Crippen LogP contribution in [0.5, 0.6) is 5.75 Å². The quantitative estimate of drug-likeness (QED) is 0.695. The molecule has 126 valence electrons. The molecule has 0 bridgehead atoms. The third-order valence-corrected chi connectivity index (χ3v) is 4.46. The molecule has 1 unspecified atom stereocenters. The van der Waals surface area contributed by atoms with Crippen LogP contribution in [0.25, 0.3) is 16.2 Å². The van der Waals surface area contributed by atoms with Crippen molar-refractivity contribution in [3.05, 3.63) is 41.5 Å². The van der Waals surface area contributed by atoms with Crippen LogP contribution in [0.3, 0.4) is 0 Å². The molecule has 24 heavy (non-hydrogen) atoms. The maximum Gasteiger partial charge on any atom is 0.323 e. The zero-order valence-corrected chi connectivity index (χ0v) is 14.4. The van der Waals surface area contributed by atoms with Crippen LogP contribution in [0, 0.1) is 0 Å². The van der Waals surface area contributed by atoms with Crippen molar-refractivity contribution >= 4 is 22.3 Å². The third-order valence-electron chi connectivity index (χ3n) is 3.71. The Hall–Kier alpha value is -2.38. The van der Waals surface area contributed by atoms with Gasteiger partial charge in [0.05, 0.1) is 25.1 Å². The number of methoxy groups -OCH3 is 1. The molecule has 0 amide bonds. The fourth-order valence-corrected chi connectivity index (χ4v) is 3.30. The summed E-state index contributed by atoms with van der Waals surface area (Å²) >= 11 is 1.54. The minimum absolute atomic E-state index is 0.315. The van der Waals surface area contributed by atoms with Crippen LogP contribution in [0.15, 0.2) is 35.8 Å². The second-order valence-electron chi connectivity index (χ2n) is 5.26. The number of rotatable bonds is 6. The molecule has 0 saturated heterocycles. The van der Waals surface area contributed by atoms with Crippen LogP contribution in [-0.4, -0.2) is 35.1 Å². The number of carbonyl (C=O) groups is 1. The summed E-state index contributed by atoms with van der Waals surface area (Å²) in [7, 11) is 1.63. The highest BCUT2D eigenvalue weighted by atomic mass is 32.1. The summed E-state index contributed by atoms with van der Waals surface area (Å²) in [6.07, 6.45) is 2.28. The Bertz CT molecular complexity index is 856. The number of nitrogens with zero attached hydrogens (tertiary/aromatic N) is 2. The minimum atomic E-state index is -0.728. The van der Waals surface area contributed by atoms with E-state index in [1.807, 2.05) is 40.2 Å². The Morgan fingerprint density at radius 1 is 1.46 bits per heavy atom. The zero-order valence-electron chi connectivity index (χ0n) is 13.6. The number of nitrogens with two attached hydrogens (primary N) is 1. The number of benzene rings is 1. The van der Waals surface area contributed by atoms with Crippen molar-refractivity contribution in [2.75, 3.05) is 13.7 Å². The van der Waals surface area contributed by atoms with E-state index in [1.165, 1.54) is 11.3 Å². The molecular formula is C17H19N3O3S. The molecule has 0 aliphatic heterocycles. The van der Waals surface area contributed by atoms with Gasteiger partial charge in [-0.1, -0.05) is 12.1 Å². The Morgan fingerprint density at radius 2 is 2.29 bits per heavy atom. The highest BCUT2D eigenvalue weighted by Gasteiger charge is 2.22. The molecule has 0 saturated carbocycles. The van der Waals surface area contributed by atoms with Crippen LogP contribution in [0.1, 0.15) is 12.6 Å². The van der Waals surface area contributed by atoms with Gasteiger partial charge in [0.25, 0.3) is 0 Å². The largest absolute Gasteiger partial charge is 0.497 e. The lowest BCUT2D eigenvalue weighted by Gasteiger charge is -2.11. The van der Waals surface area contributed by atoms with Crippen molar-refractivity contribution in [1.29, 1.82) is 0 Å². The van der Waals surface area contributed by atoms with Crippen molar-refractivity contribution in [2.24, 2.45) is 5.73 Å². The van der Waals surface area contributed by atoms with Gasteiger partial charge in [-0.15, -0.1) is 11.3 Å². The fraction of sp³-hybridized carbons (Fsp3) is 0.294. The first-order valence-corrected chi connectivity index (χ1v) is 8.53.